The van der Waals surface area contributed by atoms with E-state index in [4.69, 9.17) is 0 Å². The zero-order chi connectivity index (χ0) is 22.4. The Balaban J connectivity index is 1.89. The van der Waals surface area contributed by atoms with E-state index in [2.05, 4.69) is 10.3 Å². The number of carbonyl (C=O) groups excluding carboxylic acids is 1. The number of hydrogen-bond acceptors (Lipinski definition) is 6. The molecule has 0 radical (unpaired) electrons. The predicted molar refractivity (Wildman–Crippen MR) is 112 cm³/mol. The number of nitrogens with one attached hydrogen (secondary N) is 1. The van der Waals surface area contributed by atoms with Crippen molar-refractivity contribution in [3.8, 4) is 0 Å². The molecule has 0 saturated heterocycles. The van der Waals surface area contributed by atoms with E-state index in [1.165, 1.54) is 25.7 Å². The van der Waals surface area contributed by atoms with Crippen LogP contribution < -0.4 is 16.6 Å². The van der Waals surface area contributed by atoms with Crippen LogP contribution in [0.2, 0.25) is 0 Å². The van der Waals surface area contributed by atoms with Crippen molar-refractivity contribution in [2.75, 3.05) is 11.1 Å². The largest absolute Gasteiger partial charge is 0.332 e. The van der Waals surface area contributed by atoms with Gasteiger partial charge in [-0.3, -0.25) is 18.7 Å². The predicted octanol–water partition coefficient (Wildman–Crippen LogP) is 0.390. The maximum absolute atomic E-state index is 12.8. The van der Waals surface area contributed by atoms with Gasteiger partial charge in [-0.05, 0) is 31.0 Å². The molecular weight excluding hydrogens is 410 g/mol. The highest BCUT2D eigenvalue weighted by molar-refractivity contribution is 7.91. The number of imidazole rings is 1. The second-order valence-corrected chi connectivity index (χ2v) is 9.20. The van der Waals surface area contributed by atoms with E-state index in [1.807, 2.05) is 19.9 Å². The van der Waals surface area contributed by atoms with E-state index in [1.54, 1.807) is 12.1 Å². The molecule has 0 aliphatic carbocycles. The molecule has 0 fully saturated rings. The number of fused-ring (bicyclic) bond motifs is 1. The topological polar surface area (TPSA) is 125 Å². The molecule has 0 aliphatic rings. The van der Waals surface area contributed by atoms with Gasteiger partial charge >= 0.3 is 5.69 Å². The Hall–Kier alpha value is -3.21. The maximum atomic E-state index is 12.8. The lowest BCUT2D eigenvalue weighted by atomic mass is 10.1. The number of aromatic nitrogens is 4. The number of rotatable bonds is 5. The number of benzene rings is 1. The smallest absolute Gasteiger partial charge is 0.326 e. The molecule has 0 saturated carbocycles. The Morgan fingerprint density at radius 3 is 2.40 bits per heavy atom. The molecular formula is C19H23N5O5S. The number of nitrogens with zero attached hydrogens (tertiary/aromatic N) is 4. The van der Waals surface area contributed by atoms with Gasteiger partial charge in [0.1, 0.15) is 0 Å². The highest BCUT2D eigenvalue weighted by Crippen LogP contribution is 2.19. The van der Waals surface area contributed by atoms with Crippen LogP contribution in [0, 0.1) is 13.8 Å². The van der Waals surface area contributed by atoms with Crippen molar-refractivity contribution in [2.24, 2.45) is 21.1 Å². The Morgan fingerprint density at radius 2 is 1.73 bits per heavy atom. The molecule has 1 N–H and O–H groups in total. The number of anilines is 1. The van der Waals surface area contributed by atoms with Crippen LogP contribution >= 0.6 is 0 Å². The Morgan fingerprint density at radius 1 is 1.07 bits per heavy atom. The highest BCUT2D eigenvalue weighted by Gasteiger charge is 2.26. The van der Waals surface area contributed by atoms with E-state index in [0.29, 0.717) is 5.69 Å². The Labute approximate surface area is 172 Å². The number of hydrogen-bond donors (Lipinski definition) is 1. The van der Waals surface area contributed by atoms with Gasteiger partial charge in [-0.1, -0.05) is 12.1 Å². The summed E-state index contributed by atoms with van der Waals surface area (Å²) < 4.78 is 28.9. The summed E-state index contributed by atoms with van der Waals surface area (Å²) in [6, 6.07) is 5.47. The first-order valence-corrected chi connectivity index (χ1v) is 10.8. The number of aryl methyl sites for hydroxylation is 3. The molecule has 0 spiro atoms. The molecule has 0 aliphatic heterocycles. The monoisotopic (exact) mass is 433 g/mol. The maximum Gasteiger partial charge on any atom is 0.332 e. The molecule has 160 valence electrons. The standard InChI is InChI=1S/C19H23N5O5S/c1-11-7-6-8-13(12(11)2)20-14(25)9-10-30(28,29)18-21-15-16(22(18)3)23(4)19(27)24(5)17(15)26/h6-8H,9-10H2,1-5H3,(H,20,25). The van der Waals surface area contributed by atoms with Crippen LogP contribution in [0.1, 0.15) is 17.5 Å². The number of carbonyl (C=O) groups is 1. The van der Waals surface area contributed by atoms with Crippen molar-refractivity contribution in [3.05, 3.63) is 50.2 Å². The van der Waals surface area contributed by atoms with Crippen LogP contribution in [-0.2, 0) is 35.8 Å². The molecule has 3 aromatic rings. The van der Waals surface area contributed by atoms with Crippen molar-refractivity contribution in [3.63, 3.8) is 0 Å². The summed E-state index contributed by atoms with van der Waals surface area (Å²) in [6.07, 6.45) is -0.282. The second kappa shape index (κ2) is 7.56. The van der Waals surface area contributed by atoms with E-state index < -0.39 is 32.7 Å². The molecule has 1 amide bonds. The minimum Gasteiger partial charge on any atom is -0.326 e. The van der Waals surface area contributed by atoms with E-state index in [9.17, 15) is 22.8 Å². The van der Waals surface area contributed by atoms with Gasteiger partial charge in [-0.25, -0.2) is 18.2 Å². The average molecular weight is 433 g/mol. The first-order chi connectivity index (χ1) is 14.0. The first kappa shape index (κ1) is 21.5. The van der Waals surface area contributed by atoms with Gasteiger partial charge in [0.05, 0.1) is 5.75 Å². The molecule has 1 aromatic carbocycles. The van der Waals surface area contributed by atoms with Crippen molar-refractivity contribution >= 4 is 32.6 Å². The van der Waals surface area contributed by atoms with Crippen LogP contribution in [0.15, 0.2) is 32.9 Å². The minimum atomic E-state index is -3.99. The molecule has 11 heteroatoms. The average Bonchev–Trinajstić information content (AvgIpc) is 3.05. The third kappa shape index (κ3) is 3.56. The fourth-order valence-corrected chi connectivity index (χ4v) is 4.63. The quantitative estimate of drug-likeness (QED) is 0.621. The normalized spacial score (nSPS) is 11.8. The Kier molecular flexibility index (Phi) is 5.42. The molecule has 2 aromatic heterocycles. The summed E-state index contributed by atoms with van der Waals surface area (Å²) in [6.45, 7) is 3.78. The fourth-order valence-electron chi connectivity index (χ4n) is 3.25. The summed E-state index contributed by atoms with van der Waals surface area (Å²) in [5, 5.41) is 2.35. The van der Waals surface area contributed by atoms with Crippen molar-refractivity contribution in [1.82, 2.24) is 18.7 Å². The van der Waals surface area contributed by atoms with Gasteiger partial charge in [0.15, 0.2) is 11.2 Å². The van der Waals surface area contributed by atoms with Gasteiger partial charge in [0.2, 0.25) is 20.9 Å². The first-order valence-electron chi connectivity index (χ1n) is 9.17. The summed E-state index contributed by atoms with van der Waals surface area (Å²) >= 11 is 0. The molecule has 30 heavy (non-hydrogen) atoms. The zero-order valence-corrected chi connectivity index (χ0v) is 18.2. The summed E-state index contributed by atoms with van der Waals surface area (Å²) in [5.74, 6) is -0.941. The highest BCUT2D eigenvalue weighted by atomic mass is 32.2. The van der Waals surface area contributed by atoms with Crippen molar-refractivity contribution in [1.29, 1.82) is 0 Å². The number of sulfone groups is 1. The third-order valence-electron chi connectivity index (χ3n) is 5.18. The zero-order valence-electron chi connectivity index (χ0n) is 17.4. The van der Waals surface area contributed by atoms with Gasteiger partial charge in [0, 0.05) is 33.3 Å². The van der Waals surface area contributed by atoms with Crippen LogP contribution in [-0.4, -0.2) is 38.8 Å². The third-order valence-corrected chi connectivity index (χ3v) is 6.84. The summed E-state index contributed by atoms with van der Waals surface area (Å²) in [5.41, 5.74) is 1.24. The molecule has 0 bridgehead atoms. The fraction of sp³-hybridized carbons (Fsp3) is 0.368. The van der Waals surface area contributed by atoms with Crippen LogP contribution in [0.4, 0.5) is 5.69 Å². The Bertz CT molecular complexity index is 1400. The summed E-state index contributed by atoms with van der Waals surface area (Å²) in [7, 11) is 0.150. The van der Waals surface area contributed by atoms with Gasteiger partial charge in [0.25, 0.3) is 5.56 Å². The van der Waals surface area contributed by atoms with Crippen molar-refractivity contribution < 1.29 is 13.2 Å². The molecule has 0 unspecified atom stereocenters. The SMILES string of the molecule is Cc1cccc(NC(=O)CCS(=O)(=O)c2nc3c(=O)n(C)c(=O)n(C)c3n2C)c1C. The van der Waals surface area contributed by atoms with E-state index in [0.717, 1.165) is 20.3 Å². The van der Waals surface area contributed by atoms with Gasteiger partial charge in [-0.2, -0.15) is 0 Å². The lowest BCUT2D eigenvalue weighted by Gasteiger charge is -2.10. The lowest BCUT2D eigenvalue weighted by Crippen LogP contribution is -2.37. The second-order valence-electron chi connectivity index (χ2n) is 7.20. The molecule has 2 heterocycles. The number of amides is 1. The van der Waals surface area contributed by atoms with Crippen molar-refractivity contribution in [2.45, 2.75) is 25.4 Å². The van der Waals surface area contributed by atoms with Gasteiger partial charge < -0.3 is 9.88 Å². The van der Waals surface area contributed by atoms with Crippen LogP contribution in [0.3, 0.4) is 0 Å². The molecule has 10 nitrogen and oxygen atoms in total. The molecule has 0 atom stereocenters. The summed E-state index contributed by atoms with van der Waals surface area (Å²) in [4.78, 5) is 40.8. The molecule has 3 rings (SSSR count). The lowest BCUT2D eigenvalue weighted by molar-refractivity contribution is -0.115. The van der Waals surface area contributed by atoms with Crippen LogP contribution in [0.25, 0.3) is 11.2 Å². The van der Waals surface area contributed by atoms with E-state index >= 15 is 0 Å². The minimum absolute atomic E-state index is 0.0986. The van der Waals surface area contributed by atoms with Gasteiger partial charge in [-0.15, -0.1) is 0 Å². The van der Waals surface area contributed by atoms with E-state index in [-0.39, 0.29) is 22.7 Å². The van der Waals surface area contributed by atoms with Crippen LogP contribution in [0.5, 0.6) is 0 Å².